The Bertz CT molecular complexity index is 414. The number of rotatable bonds is 7. The number of ether oxygens (including phenoxy) is 1. The Labute approximate surface area is 106 Å². The first-order valence-electron chi connectivity index (χ1n) is 5.76. The van der Waals surface area contributed by atoms with E-state index in [1.165, 1.54) is 10.9 Å². The lowest BCUT2D eigenvalue weighted by molar-refractivity contribution is -0.384. The summed E-state index contributed by atoms with van der Waals surface area (Å²) in [6.07, 6.45) is 2.27. The molecule has 0 amide bonds. The number of aromatic nitrogens is 2. The summed E-state index contributed by atoms with van der Waals surface area (Å²) in [4.78, 5) is 10.4. The Morgan fingerprint density at radius 1 is 1.61 bits per heavy atom. The first kappa shape index (κ1) is 14.4. The van der Waals surface area contributed by atoms with Crippen molar-refractivity contribution in [1.82, 2.24) is 9.78 Å². The van der Waals surface area contributed by atoms with Crippen LogP contribution in [0, 0.1) is 15.5 Å². The molecule has 0 aliphatic heterocycles. The number of methoxy groups -OCH3 is 1. The lowest BCUT2D eigenvalue weighted by Crippen LogP contribution is -2.25. The molecule has 0 aliphatic carbocycles. The molecule has 0 aliphatic rings. The van der Waals surface area contributed by atoms with Gasteiger partial charge in [-0.1, -0.05) is 13.8 Å². The second kappa shape index (κ2) is 5.81. The first-order valence-corrected chi connectivity index (χ1v) is 5.76. The van der Waals surface area contributed by atoms with Crippen LogP contribution in [0.15, 0.2) is 6.20 Å². The van der Waals surface area contributed by atoms with Crippen LogP contribution in [-0.4, -0.2) is 35.0 Å². The maximum Gasteiger partial charge on any atom is 0.330 e. The maximum atomic E-state index is 10.8. The molecule has 7 heteroatoms. The molecule has 1 aromatic rings. The van der Waals surface area contributed by atoms with Gasteiger partial charge >= 0.3 is 5.69 Å². The molecule has 0 saturated carbocycles. The van der Waals surface area contributed by atoms with E-state index in [0.717, 1.165) is 6.42 Å². The lowest BCUT2D eigenvalue weighted by Gasteiger charge is -2.24. The van der Waals surface area contributed by atoms with Gasteiger partial charge in [0, 0.05) is 27.3 Å². The Hall–Kier alpha value is -1.63. The normalized spacial score (nSPS) is 11.6. The standard InChI is InChI=1S/C11H20N4O3/c1-11(2,5-6-18-4)8-12-10-9(15(16)17)7-14(3)13-10/h7H,5-6,8H2,1-4H3,(H,12,13). The predicted octanol–water partition coefficient (Wildman–Crippen LogP) is 1.80. The maximum absolute atomic E-state index is 10.8. The fourth-order valence-electron chi connectivity index (χ4n) is 1.53. The van der Waals surface area contributed by atoms with E-state index in [1.807, 2.05) is 0 Å². The number of anilines is 1. The van der Waals surface area contributed by atoms with Gasteiger partial charge in [-0.3, -0.25) is 14.8 Å². The van der Waals surface area contributed by atoms with Crippen molar-refractivity contribution in [2.45, 2.75) is 20.3 Å². The first-order chi connectivity index (χ1) is 8.35. The van der Waals surface area contributed by atoms with Gasteiger partial charge in [-0.2, -0.15) is 0 Å². The van der Waals surface area contributed by atoms with Gasteiger partial charge in [-0.25, -0.2) is 0 Å². The summed E-state index contributed by atoms with van der Waals surface area (Å²) in [6.45, 7) is 5.43. The van der Waals surface area contributed by atoms with Crippen molar-refractivity contribution >= 4 is 11.5 Å². The van der Waals surface area contributed by atoms with Crippen LogP contribution in [0.3, 0.4) is 0 Å². The van der Waals surface area contributed by atoms with Crippen molar-refractivity contribution in [2.75, 3.05) is 25.6 Å². The van der Waals surface area contributed by atoms with Gasteiger partial charge < -0.3 is 10.1 Å². The molecule has 0 unspecified atom stereocenters. The average Bonchev–Trinajstić information content (AvgIpc) is 2.66. The van der Waals surface area contributed by atoms with Crippen molar-refractivity contribution < 1.29 is 9.66 Å². The zero-order valence-corrected chi connectivity index (χ0v) is 11.3. The van der Waals surface area contributed by atoms with E-state index < -0.39 is 4.92 Å². The molecule has 0 spiro atoms. The molecule has 1 N–H and O–H groups in total. The minimum absolute atomic E-state index is 0.0000384. The highest BCUT2D eigenvalue weighted by molar-refractivity contribution is 5.54. The number of hydrogen-bond acceptors (Lipinski definition) is 5. The fourth-order valence-corrected chi connectivity index (χ4v) is 1.53. The summed E-state index contributed by atoms with van der Waals surface area (Å²) >= 11 is 0. The third-order valence-electron chi connectivity index (χ3n) is 2.72. The minimum Gasteiger partial charge on any atom is -0.385 e. The van der Waals surface area contributed by atoms with Crippen LogP contribution in [0.25, 0.3) is 0 Å². The third-order valence-corrected chi connectivity index (χ3v) is 2.72. The summed E-state index contributed by atoms with van der Waals surface area (Å²) in [5.74, 6) is 0.313. The predicted molar refractivity (Wildman–Crippen MR) is 68.6 cm³/mol. The molecule has 0 radical (unpaired) electrons. The van der Waals surface area contributed by atoms with Crippen molar-refractivity contribution in [3.8, 4) is 0 Å². The Balaban J connectivity index is 2.65. The van der Waals surface area contributed by atoms with E-state index in [1.54, 1.807) is 14.2 Å². The third kappa shape index (κ3) is 3.99. The zero-order valence-electron chi connectivity index (χ0n) is 11.3. The van der Waals surface area contributed by atoms with E-state index in [9.17, 15) is 10.1 Å². The second-order valence-corrected chi connectivity index (χ2v) is 5.05. The zero-order chi connectivity index (χ0) is 13.8. The molecular weight excluding hydrogens is 236 g/mol. The highest BCUT2D eigenvalue weighted by Gasteiger charge is 2.22. The fraction of sp³-hybridized carbons (Fsp3) is 0.727. The highest BCUT2D eigenvalue weighted by atomic mass is 16.6. The van der Waals surface area contributed by atoms with Crippen molar-refractivity contribution in [3.63, 3.8) is 0 Å². The number of hydrogen-bond donors (Lipinski definition) is 1. The summed E-state index contributed by atoms with van der Waals surface area (Å²) in [5.41, 5.74) is -0.0125. The molecule has 1 heterocycles. The van der Waals surface area contributed by atoms with Crippen LogP contribution in [0.4, 0.5) is 11.5 Å². The smallest absolute Gasteiger partial charge is 0.330 e. The number of nitrogens with one attached hydrogen (secondary N) is 1. The molecule has 18 heavy (non-hydrogen) atoms. The Kier molecular flexibility index (Phi) is 4.66. The Morgan fingerprint density at radius 2 is 2.28 bits per heavy atom. The lowest BCUT2D eigenvalue weighted by atomic mass is 9.90. The van der Waals surface area contributed by atoms with Crippen LogP contribution in [0.5, 0.6) is 0 Å². The van der Waals surface area contributed by atoms with Crippen LogP contribution >= 0.6 is 0 Å². The van der Waals surface area contributed by atoms with Gasteiger partial charge in [0.15, 0.2) is 0 Å². The topological polar surface area (TPSA) is 82.2 Å². The summed E-state index contributed by atoms with van der Waals surface area (Å²) < 4.78 is 6.47. The van der Waals surface area contributed by atoms with E-state index >= 15 is 0 Å². The largest absolute Gasteiger partial charge is 0.385 e. The van der Waals surface area contributed by atoms with Gasteiger partial charge in [-0.05, 0) is 11.8 Å². The number of nitro groups is 1. The molecule has 0 aromatic carbocycles. The van der Waals surface area contributed by atoms with E-state index in [-0.39, 0.29) is 11.1 Å². The molecule has 0 bridgehead atoms. The second-order valence-electron chi connectivity index (χ2n) is 5.05. The van der Waals surface area contributed by atoms with Crippen molar-refractivity contribution in [2.24, 2.45) is 12.5 Å². The van der Waals surface area contributed by atoms with Crippen LogP contribution in [0.1, 0.15) is 20.3 Å². The molecule has 0 saturated heterocycles. The van der Waals surface area contributed by atoms with Crippen molar-refractivity contribution in [1.29, 1.82) is 0 Å². The monoisotopic (exact) mass is 256 g/mol. The van der Waals surface area contributed by atoms with Crippen LogP contribution < -0.4 is 5.32 Å². The number of aryl methyl sites for hydroxylation is 1. The highest BCUT2D eigenvalue weighted by Crippen LogP contribution is 2.25. The van der Waals surface area contributed by atoms with Gasteiger partial charge in [-0.15, -0.1) is 5.10 Å². The molecule has 1 aromatic heterocycles. The molecule has 1 rings (SSSR count). The van der Waals surface area contributed by atoms with Crippen LogP contribution in [-0.2, 0) is 11.8 Å². The molecule has 0 fully saturated rings. The van der Waals surface area contributed by atoms with Crippen LogP contribution in [0.2, 0.25) is 0 Å². The van der Waals surface area contributed by atoms with E-state index in [4.69, 9.17) is 4.74 Å². The quantitative estimate of drug-likeness (QED) is 0.594. The summed E-state index contributed by atoms with van der Waals surface area (Å²) in [5, 5.41) is 17.9. The van der Waals surface area contributed by atoms with Gasteiger partial charge in [0.2, 0.25) is 5.82 Å². The molecule has 0 atom stereocenters. The molecule has 7 nitrogen and oxygen atoms in total. The van der Waals surface area contributed by atoms with Gasteiger partial charge in [0.1, 0.15) is 6.20 Å². The summed E-state index contributed by atoms with van der Waals surface area (Å²) in [7, 11) is 3.32. The van der Waals surface area contributed by atoms with Gasteiger partial charge in [0.05, 0.1) is 4.92 Å². The van der Waals surface area contributed by atoms with E-state index in [2.05, 4.69) is 24.3 Å². The number of nitrogens with zero attached hydrogens (tertiary/aromatic N) is 3. The van der Waals surface area contributed by atoms with Crippen molar-refractivity contribution in [3.05, 3.63) is 16.3 Å². The van der Waals surface area contributed by atoms with Gasteiger partial charge in [0.25, 0.3) is 0 Å². The Morgan fingerprint density at radius 3 is 2.83 bits per heavy atom. The SMILES string of the molecule is COCCC(C)(C)CNc1nn(C)cc1[N+](=O)[O-]. The molecular formula is C11H20N4O3. The summed E-state index contributed by atoms with van der Waals surface area (Å²) in [6, 6.07) is 0. The minimum atomic E-state index is -0.433. The average molecular weight is 256 g/mol. The van der Waals surface area contributed by atoms with E-state index in [0.29, 0.717) is 19.0 Å². The molecule has 102 valence electrons.